The minimum absolute atomic E-state index is 0.476. The van der Waals surface area contributed by atoms with E-state index in [1.165, 1.54) is 29.4 Å². The Labute approximate surface area is 122 Å². The molecule has 2 nitrogen and oxygen atoms in total. The molecule has 1 aromatic heterocycles. The van der Waals surface area contributed by atoms with Crippen molar-refractivity contribution in [2.24, 2.45) is 0 Å². The minimum atomic E-state index is 0.476. The monoisotopic (exact) mass is 321 g/mol. The Bertz CT molecular complexity index is 584. The van der Waals surface area contributed by atoms with E-state index >= 15 is 0 Å². The molecule has 1 aromatic carbocycles. The molecule has 1 fully saturated rings. The average Bonchev–Trinajstić information content (AvgIpc) is 3.10. The van der Waals surface area contributed by atoms with E-state index < -0.39 is 0 Å². The zero-order chi connectivity index (χ0) is 13.4. The first kappa shape index (κ1) is 13.2. The van der Waals surface area contributed by atoms with Crippen LogP contribution in [0, 0.1) is 0 Å². The van der Waals surface area contributed by atoms with Gasteiger partial charge in [-0.3, -0.25) is 0 Å². The fraction of sp³-hybridized carbons (Fsp3) is 0.500. The third-order valence-electron chi connectivity index (χ3n) is 3.77. The number of halogens is 1. The summed E-state index contributed by atoms with van der Waals surface area (Å²) in [4.78, 5) is 0. The standard InChI is InChI=1S/C16H20BrNO/c1-10(2)14-7-12(17)8-15-11(9-19-16(14)15)5-6-18-13-3-4-13/h7-10,13,18H,3-6H2,1-2H3. The van der Waals surface area contributed by atoms with E-state index in [4.69, 9.17) is 4.42 Å². The van der Waals surface area contributed by atoms with Crippen molar-refractivity contribution in [3.8, 4) is 0 Å². The van der Waals surface area contributed by atoms with E-state index in [0.29, 0.717) is 5.92 Å². The summed E-state index contributed by atoms with van der Waals surface area (Å²) in [5, 5.41) is 4.82. The Morgan fingerprint density at radius 1 is 1.37 bits per heavy atom. The number of fused-ring (bicyclic) bond motifs is 1. The van der Waals surface area contributed by atoms with E-state index in [1.807, 2.05) is 6.26 Å². The molecule has 1 aliphatic rings. The first-order chi connectivity index (χ1) is 9.15. The lowest BCUT2D eigenvalue weighted by molar-refractivity contribution is 0.598. The van der Waals surface area contributed by atoms with E-state index in [9.17, 15) is 0 Å². The zero-order valence-corrected chi connectivity index (χ0v) is 13.1. The summed E-state index contributed by atoms with van der Waals surface area (Å²) in [7, 11) is 0. The molecule has 0 radical (unpaired) electrons. The van der Waals surface area contributed by atoms with Crippen LogP contribution >= 0.6 is 15.9 Å². The number of hydrogen-bond donors (Lipinski definition) is 1. The molecule has 0 saturated heterocycles. The molecule has 3 rings (SSSR count). The molecule has 3 heteroatoms. The quantitative estimate of drug-likeness (QED) is 0.869. The van der Waals surface area contributed by atoms with Gasteiger partial charge in [0, 0.05) is 15.9 Å². The Hall–Kier alpha value is -0.800. The van der Waals surface area contributed by atoms with Crippen LogP contribution in [0.1, 0.15) is 43.7 Å². The smallest absolute Gasteiger partial charge is 0.137 e. The summed E-state index contributed by atoms with van der Waals surface area (Å²) in [5.74, 6) is 0.476. The van der Waals surface area contributed by atoms with E-state index in [1.54, 1.807) is 0 Å². The maximum atomic E-state index is 5.82. The molecule has 0 atom stereocenters. The van der Waals surface area contributed by atoms with Gasteiger partial charge >= 0.3 is 0 Å². The highest BCUT2D eigenvalue weighted by Gasteiger charge is 2.20. The van der Waals surface area contributed by atoms with E-state index in [2.05, 4.69) is 47.2 Å². The molecule has 2 aromatic rings. The topological polar surface area (TPSA) is 25.2 Å². The Morgan fingerprint density at radius 3 is 2.84 bits per heavy atom. The predicted molar refractivity (Wildman–Crippen MR) is 82.7 cm³/mol. The summed E-state index contributed by atoms with van der Waals surface area (Å²) in [5.41, 5.74) is 3.65. The lowest BCUT2D eigenvalue weighted by Gasteiger charge is -2.07. The summed E-state index contributed by atoms with van der Waals surface area (Å²) in [6, 6.07) is 5.12. The molecule has 1 heterocycles. The Morgan fingerprint density at radius 2 is 2.16 bits per heavy atom. The molecular weight excluding hydrogens is 302 g/mol. The normalized spacial score (nSPS) is 15.6. The van der Waals surface area contributed by atoms with Gasteiger partial charge in [-0.1, -0.05) is 29.8 Å². The summed E-state index contributed by atoms with van der Waals surface area (Å²) >= 11 is 3.61. The van der Waals surface area contributed by atoms with Crippen molar-refractivity contribution in [1.82, 2.24) is 5.32 Å². The molecule has 102 valence electrons. The predicted octanol–water partition coefficient (Wildman–Crippen LogP) is 4.61. The number of rotatable bonds is 5. The summed E-state index contributed by atoms with van der Waals surface area (Å²) in [6.45, 7) is 5.46. The van der Waals surface area contributed by atoms with E-state index in [-0.39, 0.29) is 0 Å². The Kier molecular flexibility index (Phi) is 3.68. The number of benzene rings is 1. The molecule has 19 heavy (non-hydrogen) atoms. The van der Waals surface area contributed by atoms with Crippen molar-refractivity contribution in [3.05, 3.63) is 34.0 Å². The molecule has 0 unspecified atom stereocenters. The molecule has 1 N–H and O–H groups in total. The van der Waals surface area contributed by atoms with Gasteiger partial charge in [0.25, 0.3) is 0 Å². The van der Waals surface area contributed by atoms with Crippen molar-refractivity contribution >= 4 is 26.9 Å². The largest absolute Gasteiger partial charge is 0.464 e. The molecule has 1 aliphatic carbocycles. The molecule has 0 aliphatic heterocycles. The van der Waals surface area contributed by atoms with Crippen molar-refractivity contribution in [2.75, 3.05) is 6.54 Å². The lowest BCUT2D eigenvalue weighted by atomic mass is 9.99. The first-order valence-electron chi connectivity index (χ1n) is 7.08. The minimum Gasteiger partial charge on any atom is -0.464 e. The third-order valence-corrected chi connectivity index (χ3v) is 4.23. The fourth-order valence-corrected chi connectivity index (χ4v) is 2.97. The third kappa shape index (κ3) is 2.87. The maximum Gasteiger partial charge on any atom is 0.137 e. The van der Waals surface area contributed by atoms with Gasteiger partial charge in [-0.15, -0.1) is 0 Å². The van der Waals surface area contributed by atoms with Gasteiger partial charge < -0.3 is 9.73 Å². The van der Waals surface area contributed by atoms with Crippen molar-refractivity contribution in [3.63, 3.8) is 0 Å². The first-order valence-corrected chi connectivity index (χ1v) is 7.87. The second kappa shape index (κ2) is 5.29. The van der Waals surface area contributed by atoms with Crippen LogP contribution in [0.2, 0.25) is 0 Å². The number of nitrogens with one attached hydrogen (secondary N) is 1. The fourth-order valence-electron chi connectivity index (χ4n) is 2.50. The van der Waals surface area contributed by atoms with Crippen LogP contribution in [0.5, 0.6) is 0 Å². The maximum absolute atomic E-state index is 5.82. The van der Waals surface area contributed by atoms with Gasteiger partial charge in [-0.25, -0.2) is 0 Å². The summed E-state index contributed by atoms with van der Waals surface area (Å²) in [6.07, 6.45) is 5.65. The molecule has 0 amide bonds. The molecular formula is C16H20BrNO. The van der Waals surface area contributed by atoms with Crippen molar-refractivity contribution < 1.29 is 4.42 Å². The van der Waals surface area contributed by atoms with Crippen molar-refractivity contribution in [1.29, 1.82) is 0 Å². The van der Waals surface area contributed by atoms with Gasteiger partial charge in [-0.2, -0.15) is 0 Å². The summed E-state index contributed by atoms with van der Waals surface area (Å²) < 4.78 is 6.96. The SMILES string of the molecule is CC(C)c1cc(Br)cc2c(CCNC3CC3)coc12. The van der Waals surface area contributed by atoms with Gasteiger partial charge in [0.2, 0.25) is 0 Å². The van der Waals surface area contributed by atoms with Crippen LogP contribution in [0.25, 0.3) is 11.0 Å². The van der Waals surface area contributed by atoms with Gasteiger partial charge in [0.15, 0.2) is 0 Å². The van der Waals surface area contributed by atoms with Crippen LogP contribution in [0.15, 0.2) is 27.3 Å². The highest BCUT2D eigenvalue weighted by molar-refractivity contribution is 9.10. The van der Waals surface area contributed by atoms with Crippen LogP contribution in [0.3, 0.4) is 0 Å². The van der Waals surface area contributed by atoms with Crippen LogP contribution in [-0.2, 0) is 6.42 Å². The van der Waals surface area contributed by atoms with Crippen LogP contribution < -0.4 is 5.32 Å². The molecule has 0 spiro atoms. The Balaban J connectivity index is 1.87. The van der Waals surface area contributed by atoms with Crippen molar-refractivity contribution in [2.45, 2.75) is 45.1 Å². The molecule has 1 saturated carbocycles. The van der Waals surface area contributed by atoms with Crippen LogP contribution in [-0.4, -0.2) is 12.6 Å². The lowest BCUT2D eigenvalue weighted by Crippen LogP contribution is -2.19. The van der Waals surface area contributed by atoms with Gasteiger partial charge in [0.1, 0.15) is 5.58 Å². The highest BCUT2D eigenvalue weighted by Crippen LogP contribution is 2.32. The van der Waals surface area contributed by atoms with Gasteiger partial charge in [0.05, 0.1) is 6.26 Å². The molecule has 0 bridgehead atoms. The number of furan rings is 1. The van der Waals surface area contributed by atoms with Gasteiger partial charge in [-0.05, 0) is 55.0 Å². The average molecular weight is 322 g/mol. The van der Waals surface area contributed by atoms with E-state index in [0.717, 1.165) is 29.1 Å². The van der Waals surface area contributed by atoms with Crippen LogP contribution in [0.4, 0.5) is 0 Å². The zero-order valence-electron chi connectivity index (χ0n) is 11.5. The second-order valence-corrected chi connectivity index (χ2v) is 6.68. The highest BCUT2D eigenvalue weighted by atomic mass is 79.9. The number of hydrogen-bond acceptors (Lipinski definition) is 2. The second-order valence-electron chi connectivity index (χ2n) is 5.77.